The molecular formula is C22H20N4O5S2. The molecule has 0 spiro atoms. The Morgan fingerprint density at radius 3 is 2.64 bits per heavy atom. The Morgan fingerprint density at radius 2 is 1.97 bits per heavy atom. The van der Waals surface area contributed by atoms with Crippen molar-refractivity contribution in [1.29, 1.82) is 5.26 Å². The number of aromatic nitrogens is 2. The lowest BCUT2D eigenvalue weighted by molar-refractivity contribution is -0.112. The maximum atomic E-state index is 12.5. The Morgan fingerprint density at radius 1 is 1.21 bits per heavy atom. The first-order chi connectivity index (χ1) is 15.9. The van der Waals surface area contributed by atoms with E-state index in [1.54, 1.807) is 18.2 Å². The van der Waals surface area contributed by atoms with Gasteiger partial charge >= 0.3 is 0 Å². The predicted molar refractivity (Wildman–Crippen MR) is 124 cm³/mol. The average Bonchev–Trinajstić information content (AvgIpc) is 3.31. The number of rotatable bonds is 9. The summed E-state index contributed by atoms with van der Waals surface area (Å²) in [5.41, 5.74) is 1.33. The van der Waals surface area contributed by atoms with Crippen molar-refractivity contribution in [1.82, 2.24) is 9.36 Å². The fraction of sp³-hybridized carbons (Fsp3) is 0.182. The zero-order chi connectivity index (χ0) is 23.8. The predicted octanol–water partition coefficient (Wildman–Crippen LogP) is 3.46. The lowest BCUT2D eigenvalue weighted by atomic mass is 10.1. The Hall–Kier alpha value is -3.75. The summed E-state index contributed by atoms with van der Waals surface area (Å²) in [4.78, 5) is 16.3. The van der Waals surface area contributed by atoms with Crippen LogP contribution in [0.5, 0.6) is 11.5 Å². The Kier molecular flexibility index (Phi) is 7.76. The van der Waals surface area contributed by atoms with Gasteiger partial charge in [0, 0.05) is 11.5 Å². The minimum atomic E-state index is -3.59. The molecule has 11 heteroatoms. The first-order valence-corrected chi connectivity index (χ1v) is 12.1. The standard InChI is InChI=1S/C22H20N4O5S2/c1-3-33(28,29)22-25-21(32-26-22)24-20(27)17(13-23)11-16-9-10-18(19(12-16)30-2)31-14-15-7-5-4-6-8-15/h4-12H,3,14H2,1-2H3,(H,24,25,26,27). The van der Waals surface area contributed by atoms with Crippen LogP contribution in [-0.4, -0.2) is 36.5 Å². The smallest absolute Gasteiger partial charge is 0.268 e. The van der Waals surface area contributed by atoms with Crippen molar-refractivity contribution in [2.24, 2.45) is 0 Å². The van der Waals surface area contributed by atoms with Gasteiger partial charge in [-0.1, -0.05) is 43.3 Å². The van der Waals surface area contributed by atoms with Gasteiger partial charge in [-0.2, -0.15) is 14.6 Å². The number of benzene rings is 2. The monoisotopic (exact) mass is 484 g/mol. The van der Waals surface area contributed by atoms with E-state index in [1.807, 2.05) is 36.4 Å². The molecule has 0 atom stereocenters. The molecule has 0 bridgehead atoms. The summed E-state index contributed by atoms with van der Waals surface area (Å²) in [6, 6.07) is 16.5. The number of carbonyl (C=O) groups excluding carboxylic acids is 1. The molecule has 0 aliphatic rings. The van der Waals surface area contributed by atoms with E-state index >= 15 is 0 Å². The summed E-state index contributed by atoms with van der Waals surface area (Å²) in [6.07, 6.45) is 1.38. The van der Waals surface area contributed by atoms with Crippen molar-refractivity contribution < 1.29 is 22.7 Å². The zero-order valence-electron chi connectivity index (χ0n) is 17.8. The van der Waals surface area contributed by atoms with Crippen molar-refractivity contribution in [3.8, 4) is 17.6 Å². The molecule has 0 fully saturated rings. The van der Waals surface area contributed by atoms with Gasteiger partial charge in [-0.3, -0.25) is 10.1 Å². The van der Waals surface area contributed by atoms with Gasteiger partial charge < -0.3 is 9.47 Å². The van der Waals surface area contributed by atoms with Crippen LogP contribution < -0.4 is 14.8 Å². The molecule has 1 heterocycles. The SMILES string of the molecule is CCS(=O)(=O)c1nsc(NC(=O)C(C#N)=Cc2ccc(OCc3ccccc3)c(OC)c2)n1. The molecule has 9 nitrogen and oxygen atoms in total. The Bertz CT molecular complexity index is 1310. The normalized spacial score (nSPS) is 11.5. The third-order valence-corrected chi connectivity index (χ3v) is 6.63. The van der Waals surface area contributed by atoms with Gasteiger partial charge in [-0.05, 0) is 29.3 Å². The van der Waals surface area contributed by atoms with E-state index in [2.05, 4.69) is 14.7 Å². The quantitative estimate of drug-likeness (QED) is 0.361. The number of carbonyl (C=O) groups is 1. The number of hydrogen-bond donors (Lipinski definition) is 1. The van der Waals surface area contributed by atoms with Crippen molar-refractivity contribution in [3.05, 3.63) is 65.2 Å². The van der Waals surface area contributed by atoms with E-state index in [4.69, 9.17) is 9.47 Å². The molecule has 0 saturated heterocycles. The van der Waals surface area contributed by atoms with Crippen molar-refractivity contribution in [2.75, 3.05) is 18.2 Å². The van der Waals surface area contributed by atoms with Crippen molar-refractivity contribution >= 4 is 38.5 Å². The molecule has 33 heavy (non-hydrogen) atoms. The summed E-state index contributed by atoms with van der Waals surface area (Å²) in [7, 11) is -2.10. The van der Waals surface area contributed by atoms with E-state index in [-0.39, 0.29) is 21.6 Å². The molecule has 2 aromatic carbocycles. The highest BCUT2D eigenvalue weighted by atomic mass is 32.2. The van der Waals surface area contributed by atoms with Crippen LogP contribution in [0, 0.1) is 11.3 Å². The third kappa shape index (κ3) is 6.15. The molecule has 0 aliphatic carbocycles. The second-order valence-electron chi connectivity index (χ2n) is 6.59. The molecule has 1 N–H and O–H groups in total. The minimum absolute atomic E-state index is 0.0181. The number of nitrogens with one attached hydrogen (secondary N) is 1. The van der Waals surface area contributed by atoms with E-state index < -0.39 is 15.7 Å². The first-order valence-electron chi connectivity index (χ1n) is 9.70. The number of sulfone groups is 1. The number of hydrogen-bond acceptors (Lipinski definition) is 9. The third-order valence-electron chi connectivity index (χ3n) is 4.39. The van der Waals surface area contributed by atoms with Crippen LogP contribution in [0.1, 0.15) is 18.1 Å². The van der Waals surface area contributed by atoms with E-state index in [0.29, 0.717) is 23.7 Å². The number of anilines is 1. The Balaban J connectivity index is 1.74. The second kappa shape index (κ2) is 10.7. The van der Waals surface area contributed by atoms with Crippen LogP contribution in [0.2, 0.25) is 0 Å². The lowest BCUT2D eigenvalue weighted by Gasteiger charge is -2.11. The molecule has 1 amide bonds. The van der Waals surface area contributed by atoms with Gasteiger partial charge in [0.25, 0.3) is 11.1 Å². The number of nitrogens with zero attached hydrogens (tertiary/aromatic N) is 3. The van der Waals surface area contributed by atoms with E-state index in [9.17, 15) is 18.5 Å². The van der Waals surface area contributed by atoms with Gasteiger partial charge in [0.05, 0.1) is 12.9 Å². The molecule has 0 saturated carbocycles. The fourth-order valence-corrected chi connectivity index (χ4v) is 4.21. The highest BCUT2D eigenvalue weighted by Crippen LogP contribution is 2.30. The molecule has 170 valence electrons. The molecule has 1 aromatic heterocycles. The van der Waals surface area contributed by atoms with Crippen LogP contribution in [0.25, 0.3) is 6.08 Å². The summed E-state index contributed by atoms with van der Waals surface area (Å²) in [5.74, 6) is 0.0567. The molecular weight excluding hydrogens is 464 g/mol. The highest BCUT2D eigenvalue weighted by molar-refractivity contribution is 7.91. The molecule has 3 aromatic rings. The van der Waals surface area contributed by atoms with Crippen molar-refractivity contribution in [2.45, 2.75) is 18.7 Å². The summed E-state index contributed by atoms with van der Waals surface area (Å²) in [6.45, 7) is 1.83. The highest BCUT2D eigenvalue weighted by Gasteiger charge is 2.20. The van der Waals surface area contributed by atoms with Gasteiger partial charge in [0.15, 0.2) is 11.5 Å². The molecule has 0 unspecified atom stereocenters. The summed E-state index contributed by atoms with van der Waals surface area (Å²) >= 11 is 0.721. The van der Waals surface area contributed by atoms with Crippen molar-refractivity contribution in [3.63, 3.8) is 0 Å². The number of methoxy groups -OCH3 is 1. The average molecular weight is 485 g/mol. The van der Waals surface area contributed by atoms with Crippen LogP contribution in [0.4, 0.5) is 5.13 Å². The molecule has 3 rings (SSSR count). The topological polar surface area (TPSA) is 131 Å². The minimum Gasteiger partial charge on any atom is -0.493 e. The fourth-order valence-electron chi connectivity index (χ4n) is 2.62. The first kappa shape index (κ1) is 23.9. The summed E-state index contributed by atoms with van der Waals surface area (Å²) < 4.78 is 38.6. The van der Waals surface area contributed by atoms with Crippen LogP contribution in [0.3, 0.4) is 0 Å². The zero-order valence-corrected chi connectivity index (χ0v) is 19.4. The van der Waals surface area contributed by atoms with E-state index in [1.165, 1.54) is 20.1 Å². The number of amides is 1. The van der Waals surface area contributed by atoms with Crippen LogP contribution in [-0.2, 0) is 21.2 Å². The Labute approximate surface area is 195 Å². The van der Waals surface area contributed by atoms with Crippen LogP contribution >= 0.6 is 11.5 Å². The number of ether oxygens (including phenoxy) is 2. The molecule has 0 radical (unpaired) electrons. The summed E-state index contributed by atoms with van der Waals surface area (Å²) in [5, 5.41) is 11.5. The van der Waals surface area contributed by atoms with Gasteiger partial charge in [-0.25, -0.2) is 8.42 Å². The van der Waals surface area contributed by atoms with Crippen LogP contribution in [0.15, 0.2) is 59.3 Å². The lowest BCUT2D eigenvalue weighted by Crippen LogP contribution is -2.13. The van der Waals surface area contributed by atoms with Gasteiger partial charge in [0.2, 0.25) is 15.0 Å². The van der Waals surface area contributed by atoms with E-state index in [0.717, 1.165) is 17.1 Å². The van der Waals surface area contributed by atoms with Gasteiger partial charge in [-0.15, -0.1) is 0 Å². The molecule has 0 aliphatic heterocycles. The maximum absolute atomic E-state index is 12.5. The second-order valence-corrected chi connectivity index (χ2v) is 9.52. The largest absolute Gasteiger partial charge is 0.493 e. The van der Waals surface area contributed by atoms with Gasteiger partial charge in [0.1, 0.15) is 18.2 Å². The maximum Gasteiger partial charge on any atom is 0.268 e. The number of nitriles is 1.